The molecule has 19 heavy (non-hydrogen) atoms. The molecular formula is C13H12F2N2O2. The highest BCUT2D eigenvalue weighted by Gasteiger charge is 2.20. The molecule has 0 radical (unpaired) electrons. The van der Waals surface area contributed by atoms with Crippen LogP contribution in [0.15, 0.2) is 12.1 Å². The van der Waals surface area contributed by atoms with Gasteiger partial charge in [0.15, 0.2) is 5.69 Å². The molecule has 100 valence electrons. The van der Waals surface area contributed by atoms with E-state index < -0.39 is 17.6 Å². The highest BCUT2D eigenvalue weighted by molar-refractivity contribution is 5.87. The number of benzene rings is 1. The van der Waals surface area contributed by atoms with E-state index in [1.165, 1.54) is 31.6 Å². The zero-order valence-corrected chi connectivity index (χ0v) is 10.7. The van der Waals surface area contributed by atoms with Gasteiger partial charge in [0.05, 0.1) is 5.69 Å². The quantitative estimate of drug-likeness (QED) is 0.909. The molecule has 0 saturated carbocycles. The lowest BCUT2D eigenvalue weighted by Gasteiger charge is -2.10. The van der Waals surface area contributed by atoms with Crippen molar-refractivity contribution in [1.29, 1.82) is 0 Å². The summed E-state index contributed by atoms with van der Waals surface area (Å²) < 4.78 is 29.1. The van der Waals surface area contributed by atoms with Gasteiger partial charge in [-0.1, -0.05) is 0 Å². The van der Waals surface area contributed by atoms with Gasteiger partial charge in [0.25, 0.3) is 0 Å². The van der Waals surface area contributed by atoms with Crippen LogP contribution >= 0.6 is 0 Å². The second-order valence-corrected chi connectivity index (χ2v) is 4.33. The van der Waals surface area contributed by atoms with Crippen molar-refractivity contribution in [3.63, 3.8) is 0 Å². The molecule has 0 aliphatic heterocycles. The third-order valence-electron chi connectivity index (χ3n) is 3.00. The smallest absolute Gasteiger partial charge is 0.356 e. The fourth-order valence-electron chi connectivity index (χ4n) is 1.95. The molecule has 0 fully saturated rings. The maximum Gasteiger partial charge on any atom is 0.356 e. The van der Waals surface area contributed by atoms with Crippen molar-refractivity contribution in [2.75, 3.05) is 0 Å². The molecular weight excluding hydrogens is 254 g/mol. The molecule has 1 aromatic heterocycles. The molecule has 0 bridgehead atoms. The van der Waals surface area contributed by atoms with E-state index in [4.69, 9.17) is 5.11 Å². The van der Waals surface area contributed by atoms with Gasteiger partial charge < -0.3 is 5.11 Å². The lowest BCUT2D eigenvalue weighted by molar-refractivity contribution is 0.0689. The van der Waals surface area contributed by atoms with E-state index in [1.807, 2.05) is 0 Å². The minimum absolute atomic E-state index is 0.0417. The number of aromatic carboxylic acids is 1. The molecule has 0 aliphatic carbocycles. The summed E-state index contributed by atoms with van der Waals surface area (Å²) in [5.74, 6) is -2.32. The van der Waals surface area contributed by atoms with Crippen LogP contribution in [0, 0.1) is 25.5 Å². The van der Waals surface area contributed by atoms with Crippen LogP contribution in [0.3, 0.4) is 0 Å². The van der Waals surface area contributed by atoms with Crippen LogP contribution in [0.4, 0.5) is 8.78 Å². The second-order valence-electron chi connectivity index (χ2n) is 4.33. The summed E-state index contributed by atoms with van der Waals surface area (Å²) >= 11 is 0. The summed E-state index contributed by atoms with van der Waals surface area (Å²) in [4.78, 5) is 10.9. The molecule has 1 heterocycles. The van der Waals surface area contributed by atoms with Gasteiger partial charge in [0.1, 0.15) is 11.6 Å². The van der Waals surface area contributed by atoms with Crippen LogP contribution in [0.2, 0.25) is 0 Å². The van der Waals surface area contributed by atoms with Crippen molar-refractivity contribution in [3.05, 3.63) is 40.6 Å². The van der Waals surface area contributed by atoms with Crippen LogP contribution in [-0.2, 0) is 7.05 Å². The van der Waals surface area contributed by atoms with E-state index in [1.54, 1.807) is 0 Å². The SMILES string of the molecule is Cc1cc(F)c(C)c(-c2cc(C(=O)O)nn2C)c1F. The van der Waals surface area contributed by atoms with Crippen LogP contribution in [0.5, 0.6) is 0 Å². The second kappa shape index (κ2) is 4.46. The minimum atomic E-state index is -1.21. The normalized spacial score (nSPS) is 10.8. The van der Waals surface area contributed by atoms with Gasteiger partial charge in [-0.15, -0.1) is 0 Å². The Labute approximate surface area is 108 Å². The molecule has 0 unspecified atom stereocenters. The molecule has 2 rings (SSSR count). The average Bonchev–Trinajstić information content (AvgIpc) is 2.70. The monoisotopic (exact) mass is 266 g/mol. The van der Waals surface area contributed by atoms with Crippen molar-refractivity contribution in [2.45, 2.75) is 13.8 Å². The molecule has 0 aliphatic rings. The predicted octanol–water partition coefficient (Wildman–Crippen LogP) is 2.68. The summed E-state index contributed by atoms with van der Waals surface area (Å²) in [5, 5.41) is 12.6. The Morgan fingerprint density at radius 2 is 1.95 bits per heavy atom. The summed E-state index contributed by atoms with van der Waals surface area (Å²) in [7, 11) is 1.49. The van der Waals surface area contributed by atoms with Gasteiger partial charge in [-0.2, -0.15) is 5.10 Å². The van der Waals surface area contributed by atoms with Crippen molar-refractivity contribution >= 4 is 5.97 Å². The lowest BCUT2D eigenvalue weighted by atomic mass is 10.0. The standard InChI is InChI=1S/C13H12F2N2O2/c1-6-4-8(14)7(2)11(12(6)15)10-5-9(13(18)19)16-17(10)3/h4-5H,1-3H3,(H,18,19). The van der Waals surface area contributed by atoms with Gasteiger partial charge in [-0.25, -0.2) is 13.6 Å². The topological polar surface area (TPSA) is 55.1 Å². The summed E-state index contributed by atoms with van der Waals surface area (Å²) in [6.45, 7) is 2.90. The van der Waals surface area contributed by atoms with Crippen LogP contribution in [-0.4, -0.2) is 20.9 Å². The summed E-state index contributed by atoms with van der Waals surface area (Å²) in [5.41, 5.74) is 0.354. The Morgan fingerprint density at radius 1 is 1.32 bits per heavy atom. The third kappa shape index (κ3) is 2.09. The number of hydrogen-bond donors (Lipinski definition) is 1. The van der Waals surface area contributed by atoms with E-state index in [0.717, 1.165) is 6.07 Å². The third-order valence-corrected chi connectivity index (χ3v) is 3.00. The van der Waals surface area contributed by atoms with Gasteiger partial charge in [-0.05, 0) is 37.1 Å². The molecule has 0 spiro atoms. The number of nitrogens with zero attached hydrogens (tertiary/aromatic N) is 2. The molecule has 1 aromatic carbocycles. The number of aromatic nitrogens is 2. The Kier molecular flexibility index (Phi) is 3.09. The summed E-state index contributed by atoms with van der Waals surface area (Å²) in [6, 6.07) is 2.34. The van der Waals surface area contributed by atoms with Crippen LogP contribution in [0.1, 0.15) is 21.6 Å². The first kappa shape index (κ1) is 13.2. The number of hydrogen-bond acceptors (Lipinski definition) is 2. The van der Waals surface area contributed by atoms with Gasteiger partial charge in [-0.3, -0.25) is 4.68 Å². The zero-order valence-electron chi connectivity index (χ0n) is 10.7. The summed E-state index contributed by atoms with van der Waals surface area (Å²) in [6.07, 6.45) is 0. The first-order valence-electron chi connectivity index (χ1n) is 5.55. The lowest BCUT2D eigenvalue weighted by Crippen LogP contribution is -2.02. The fourth-order valence-corrected chi connectivity index (χ4v) is 1.95. The molecule has 0 amide bonds. The maximum absolute atomic E-state index is 14.2. The van der Waals surface area contributed by atoms with Crippen molar-refractivity contribution in [3.8, 4) is 11.3 Å². The van der Waals surface area contributed by atoms with Gasteiger partial charge >= 0.3 is 5.97 Å². The largest absolute Gasteiger partial charge is 0.476 e. The van der Waals surface area contributed by atoms with Crippen molar-refractivity contribution in [2.24, 2.45) is 7.05 Å². The molecule has 0 atom stereocenters. The highest BCUT2D eigenvalue weighted by atomic mass is 19.1. The van der Waals surface area contributed by atoms with Crippen molar-refractivity contribution in [1.82, 2.24) is 9.78 Å². The molecule has 2 aromatic rings. The number of aryl methyl sites for hydroxylation is 2. The average molecular weight is 266 g/mol. The zero-order chi connectivity index (χ0) is 14.3. The predicted molar refractivity (Wildman–Crippen MR) is 65.0 cm³/mol. The highest BCUT2D eigenvalue weighted by Crippen LogP contribution is 2.30. The van der Waals surface area contributed by atoms with Crippen LogP contribution < -0.4 is 0 Å². The Hall–Kier alpha value is -2.24. The minimum Gasteiger partial charge on any atom is -0.476 e. The van der Waals surface area contributed by atoms with E-state index >= 15 is 0 Å². The van der Waals surface area contributed by atoms with Crippen LogP contribution in [0.25, 0.3) is 11.3 Å². The number of carboxylic acids is 1. The van der Waals surface area contributed by atoms with E-state index in [-0.39, 0.29) is 28.1 Å². The van der Waals surface area contributed by atoms with Crippen molar-refractivity contribution < 1.29 is 18.7 Å². The van der Waals surface area contributed by atoms with E-state index in [2.05, 4.69) is 5.10 Å². The first-order chi connectivity index (χ1) is 8.82. The number of carboxylic acid groups (broad SMARTS) is 1. The Balaban J connectivity index is 2.75. The number of carbonyl (C=O) groups is 1. The number of rotatable bonds is 2. The maximum atomic E-state index is 14.2. The molecule has 0 saturated heterocycles. The van der Waals surface area contributed by atoms with E-state index in [9.17, 15) is 13.6 Å². The Bertz CT molecular complexity index is 652. The van der Waals surface area contributed by atoms with Gasteiger partial charge in [0.2, 0.25) is 0 Å². The molecule has 1 N–H and O–H groups in total. The fraction of sp³-hybridized carbons (Fsp3) is 0.231. The molecule has 6 heteroatoms. The molecule has 4 nitrogen and oxygen atoms in total. The first-order valence-corrected chi connectivity index (χ1v) is 5.55. The van der Waals surface area contributed by atoms with E-state index in [0.29, 0.717) is 0 Å². The Morgan fingerprint density at radius 3 is 2.47 bits per heavy atom. The number of halogens is 2. The van der Waals surface area contributed by atoms with Gasteiger partial charge in [0, 0.05) is 12.6 Å².